The normalized spacial score (nSPS) is 16.7. The quantitative estimate of drug-likeness (QED) is 0.113. The van der Waals surface area contributed by atoms with Crippen LogP contribution in [0.25, 0.3) is 0 Å². The summed E-state index contributed by atoms with van der Waals surface area (Å²) in [5.74, 6) is -2.14. The number of imide groups is 2. The first-order valence-corrected chi connectivity index (χ1v) is 14.2. The van der Waals surface area contributed by atoms with Crippen LogP contribution in [0.5, 0.6) is 0 Å². The number of fused-ring (bicyclic) bond motifs is 1. The summed E-state index contributed by atoms with van der Waals surface area (Å²) in [6.07, 6.45) is 0.184. The van der Waals surface area contributed by atoms with Crippen LogP contribution in [-0.2, 0) is 38.0 Å². The lowest BCUT2D eigenvalue weighted by Gasteiger charge is -2.27. The summed E-state index contributed by atoms with van der Waals surface area (Å²) in [6.45, 7) is 7.03. The number of amides is 4. The first kappa shape index (κ1) is 33.5. The molecule has 1 aromatic carbocycles. The summed E-state index contributed by atoms with van der Waals surface area (Å²) >= 11 is 0. The standard InChI is InChI=1S/C28H42N4O10/c1-29-7-9-37-11-13-39-15-17-41-19-20-42-18-16-40-14-12-38-10-8-30-22-4-2-3-21-25(22)28(36)32(27(21)35)23-5-6-24(33)31-26(23)34/h2-4,23,29-30H,5-20H2,1H3,(H,31,33,34). The molecule has 4 amide bonds. The van der Waals surface area contributed by atoms with Gasteiger partial charge < -0.3 is 39.1 Å². The van der Waals surface area contributed by atoms with Crippen molar-refractivity contribution in [1.29, 1.82) is 0 Å². The van der Waals surface area contributed by atoms with Gasteiger partial charge in [0, 0.05) is 25.2 Å². The van der Waals surface area contributed by atoms with Crippen molar-refractivity contribution in [3.63, 3.8) is 0 Å². The Morgan fingerprint density at radius 2 is 1.26 bits per heavy atom. The molecule has 2 aliphatic heterocycles. The third-order valence-electron chi connectivity index (χ3n) is 6.39. The maximum Gasteiger partial charge on any atom is 0.264 e. The maximum atomic E-state index is 13.1. The molecule has 0 aliphatic carbocycles. The van der Waals surface area contributed by atoms with Crippen LogP contribution in [0.15, 0.2) is 18.2 Å². The molecule has 0 aromatic heterocycles. The van der Waals surface area contributed by atoms with Crippen LogP contribution in [0, 0.1) is 0 Å². The van der Waals surface area contributed by atoms with Gasteiger partial charge in [0.2, 0.25) is 11.8 Å². The minimum Gasteiger partial charge on any atom is -0.382 e. The van der Waals surface area contributed by atoms with E-state index >= 15 is 0 Å². The van der Waals surface area contributed by atoms with Crippen molar-refractivity contribution in [3.8, 4) is 0 Å². The number of carbonyl (C=O) groups is 4. The zero-order valence-corrected chi connectivity index (χ0v) is 24.2. The third kappa shape index (κ3) is 10.7. The Morgan fingerprint density at radius 3 is 1.79 bits per heavy atom. The van der Waals surface area contributed by atoms with Gasteiger partial charge in [0.05, 0.1) is 90.4 Å². The number of piperidine rings is 1. The molecule has 1 aromatic rings. The van der Waals surface area contributed by atoms with E-state index in [9.17, 15) is 19.2 Å². The van der Waals surface area contributed by atoms with Gasteiger partial charge in [-0.25, -0.2) is 0 Å². The van der Waals surface area contributed by atoms with E-state index in [0.29, 0.717) is 91.5 Å². The topological polar surface area (TPSA) is 163 Å². The maximum absolute atomic E-state index is 13.1. The second-order valence-corrected chi connectivity index (χ2v) is 9.38. The van der Waals surface area contributed by atoms with E-state index in [1.807, 2.05) is 7.05 Å². The minimum absolute atomic E-state index is 0.0728. The first-order chi connectivity index (χ1) is 20.5. The number of ether oxygens (including phenoxy) is 6. The summed E-state index contributed by atoms with van der Waals surface area (Å²) < 4.78 is 32.7. The Bertz CT molecular complexity index is 1020. The van der Waals surface area contributed by atoms with Gasteiger partial charge in [-0.3, -0.25) is 29.4 Å². The minimum atomic E-state index is -1.00. The molecule has 1 saturated heterocycles. The molecule has 2 heterocycles. The molecule has 1 atom stereocenters. The van der Waals surface area contributed by atoms with Crippen molar-refractivity contribution in [1.82, 2.24) is 15.5 Å². The highest BCUT2D eigenvalue weighted by Gasteiger charge is 2.45. The van der Waals surface area contributed by atoms with Crippen LogP contribution >= 0.6 is 0 Å². The fraction of sp³-hybridized carbons (Fsp3) is 0.643. The monoisotopic (exact) mass is 594 g/mol. The second-order valence-electron chi connectivity index (χ2n) is 9.38. The van der Waals surface area contributed by atoms with E-state index in [1.54, 1.807) is 18.2 Å². The van der Waals surface area contributed by atoms with Crippen LogP contribution in [0.2, 0.25) is 0 Å². The third-order valence-corrected chi connectivity index (χ3v) is 6.39. The average molecular weight is 595 g/mol. The molecule has 2 aliphatic rings. The van der Waals surface area contributed by atoms with Crippen LogP contribution in [0.1, 0.15) is 33.6 Å². The molecule has 0 radical (unpaired) electrons. The molecule has 0 spiro atoms. The molecule has 0 bridgehead atoms. The molecule has 234 valence electrons. The highest BCUT2D eigenvalue weighted by molar-refractivity contribution is 6.25. The average Bonchev–Trinajstić information content (AvgIpc) is 3.23. The zero-order valence-electron chi connectivity index (χ0n) is 24.2. The number of anilines is 1. The fourth-order valence-corrected chi connectivity index (χ4v) is 4.30. The Morgan fingerprint density at radius 1 is 0.738 bits per heavy atom. The second kappa shape index (κ2) is 19.3. The molecule has 3 N–H and O–H groups in total. The fourth-order valence-electron chi connectivity index (χ4n) is 4.30. The van der Waals surface area contributed by atoms with Gasteiger partial charge in [-0.2, -0.15) is 0 Å². The van der Waals surface area contributed by atoms with Crippen LogP contribution < -0.4 is 16.0 Å². The Balaban J connectivity index is 1.17. The number of likely N-dealkylation sites (N-methyl/N-ethyl adjacent to an activating group) is 1. The lowest BCUT2D eigenvalue weighted by molar-refractivity contribution is -0.136. The largest absolute Gasteiger partial charge is 0.382 e. The molecular formula is C28H42N4O10. The van der Waals surface area contributed by atoms with E-state index < -0.39 is 29.7 Å². The van der Waals surface area contributed by atoms with Crippen LogP contribution in [-0.4, -0.2) is 134 Å². The Labute approximate surface area is 245 Å². The summed E-state index contributed by atoms with van der Waals surface area (Å²) in [4.78, 5) is 50.7. The molecule has 14 nitrogen and oxygen atoms in total. The lowest BCUT2D eigenvalue weighted by atomic mass is 10.0. The van der Waals surface area contributed by atoms with Crippen molar-refractivity contribution in [3.05, 3.63) is 29.3 Å². The zero-order chi connectivity index (χ0) is 30.0. The van der Waals surface area contributed by atoms with Crippen molar-refractivity contribution in [2.45, 2.75) is 18.9 Å². The van der Waals surface area contributed by atoms with E-state index in [1.165, 1.54) is 0 Å². The highest BCUT2D eigenvalue weighted by atomic mass is 16.6. The van der Waals surface area contributed by atoms with Crippen molar-refractivity contribution in [2.75, 3.05) is 105 Å². The van der Waals surface area contributed by atoms with Gasteiger partial charge in [-0.05, 0) is 25.6 Å². The number of rotatable bonds is 23. The van der Waals surface area contributed by atoms with E-state index in [0.717, 1.165) is 11.4 Å². The molecule has 14 heteroatoms. The smallest absolute Gasteiger partial charge is 0.264 e. The van der Waals surface area contributed by atoms with Gasteiger partial charge in [-0.15, -0.1) is 0 Å². The number of nitrogens with one attached hydrogen (secondary N) is 3. The summed E-state index contributed by atoms with van der Waals surface area (Å²) in [7, 11) is 1.88. The SMILES string of the molecule is CNCCOCCOCCOCCOCCOCCOCCNc1cccc2c1C(=O)N(C1CCC(=O)NC1=O)C2=O. The van der Waals surface area contributed by atoms with Crippen LogP contribution in [0.3, 0.4) is 0 Å². The number of benzene rings is 1. The predicted molar refractivity (Wildman–Crippen MR) is 150 cm³/mol. The highest BCUT2D eigenvalue weighted by Crippen LogP contribution is 2.32. The van der Waals surface area contributed by atoms with Crippen LogP contribution in [0.4, 0.5) is 5.69 Å². The molecule has 42 heavy (non-hydrogen) atoms. The molecular weight excluding hydrogens is 552 g/mol. The summed E-state index contributed by atoms with van der Waals surface area (Å²) in [5.41, 5.74) is 0.930. The number of nitrogens with zero attached hydrogens (tertiary/aromatic N) is 1. The first-order valence-electron chi connectivity index (χ1n) is 14.2. The van der Waals surface area contributed by atoms with Crippen molar-refractivity contribution < 1.29 is 47.6 Å². The van der Waals surface area contributed by atoms with Crippen molar-refractivity contribution in [2.24, 2.45) is 0 Å². The van der Waals surface area contributed by atoms with Gasteiger partial charge in [-0.1, -0.05) is 6.07 Å². The van der Waals surface area contributed by atoms with Crippen molar-refractivity contribution >= 4 is 29.3 Å². The predicted octanol–water partition coefficient (Wildman–Crippen LogP) is -0.181. The number of hydrogen-bond donors (Lipinski definition) is 3. The molecule has 1 fully saturated rings. The van der Waals surface area contributed by atoms with Gasteiger partial charge in [0.1, 0.15) is 6.04 Å². The lowest BCUT2D eigenvalue weighted by Crippen LogP contribution is -2.54. The van der Waals surface area contributed by atoms with Gasteiger partial charge >= 0.3 is 0 Å². The van der Waals surface area contributed by atoms with E-state index in [4.69, 9.17) is 28.4 Å². The Kier molecular flexibility index (Phi) is 15.4. The molecule has 3 rings (SSSR count). The number of hydrogen-bond acceptors (Lipinski definition) is 12. The number of carbonyl (C=O) groups excluding carboxylic acids is 4. The summed E-state index contributed by atoms with van der Waals surface area (Å²) in [6, 6.07) is 3.92. The summed E-state index contributed by atoms with van der Waals surface area (Å²) in [5, 5.41) is 8.33. The van der Waals surface area contributed by atoms with E-state index in [-0.39, 0.29) is 24.0 Å². The van der Waals surface area contributed by atoms with Gasteiger partial charge in [0.15, 0.2) is 0 Å². The Hall–Kier alpha value is -2.98. The molecule has 0 saturated carbocycles. The molecule has 1 unspecified atom stereocenters. The van der Waals surface area contributed by atoms with E-state index in [2.05, 4.69) is 16.0 Å². The van der Waals surface area contributed by atoms with Gasteiger partial charge in [0.25, 0.3) is 11.8 Å².